The van der Waals surface area contributed by atoms with E-state index in [4.69, 9.17) is 14.4 Å². The summed E-state index contributed by atoms with van der Waals surface area (Å²) in [5.41, 5.74) is 3.90. The zero-order valence-corrected chi connectivity index (χ0v) is 20.7. The molecule has 0 unspecified atom stereocenters. The fourth-order valence-electron chi connectivity index (χ4n) is 4.52. The van der Waals surface area contributed by atoms with Gasteiger partial charge in [0, 0.05) is 23.5 Å². The van der Waals surface area contributed by atoms with Gasteiger partial charge in [-0.2, -0.15) is 5.10 Å². The fraction of sp³-hybridized carbons (Fsp3) is 0.179. The second-order valence-corrected chi connectivity index (χ2v) is 9.80. The van der Waals surface area contributed by atoms with Gasteiger partial charge in [-0.1, -0.05) is 12.1 Å². The van der Waals surface area contributed by atoms with Crippen molar-refractivity contribution in [3.05, 3.63) is 90.8 Å². The summed E-state index contributed by atoms with van der Waals surface area (Å²) in [6.07, 6.45) is 6.71. The van der Waals surface area contributed by atoms with E-state index < -0.39 is 0 Å². The minimum absolute atomic E-state index is 0.295. The van der Waals surface area contributed by atoms with Gasteiger partial charge in [-0.15, -0.1) is 0 Å². The molecule has 37 heavy (non-hydrogen) atoms. The molecule has 1 N–H and O–H groups in total. The predicted molar refractivity (Wildman–Crippen MR) is 141 cm³/mol. The summed E-state index contributed by atoms with van der Waals surface area (Å²) in [5.74, 6) is 0.925. The van der Waals surface area contributed by atoms with Crippen LogP contribution in [0.25, 0.3) is 33.3 Å². The van der Waals surface area contributed by atoms with Gasteiger partial charge in [-0.3, -0.25) is 15.1 Å². The molecule has 0 aliphatic heterocycles. The van der Waals surface area contributed by atoms with Gasteiger partial charge in [-0.25, -0.2) is 14.6 Å². The summed E-state index contributed by atoms with van der Waals surface area (Å²) in [6.45, 7) is 6.64. The molecule has 0 saturated heterocycles. The van der Waals surface area contributed by atoms with Crippen LogP contribution in [0.1, 0.15) is 36.9 Å². The van der Waals surface area contributed by atoms with Crippen molar-refractivity contribution in [1.82, 2.24) is 29.3 Å². The van der Waals surface area contributed by atoms with Crippen LogP contribution in [0.2, 0.25) is 0 Å². The van der Waals surface area contributed by atoms with Crippen molar-refractivity contribution < 1.29 is 9.21 Å². The SMILES string of the molecule is CC(C)(C)n1c(NC(=O)c2cc(-c3cccnc3)nc3c2cnn3Cc2ccco2)nc2ccccc21. The normalized spacial score (nSPS) is 11.9. The molecule has 6 aromatic rings. The third kappa shape index (κ3) is 4.14. The summed E-state index contributed by atoms with van der Waals surface area (Å²) in [6, 6.07) is 17.1. The molecule has 0 aliphatic carbocycles. The number of imidazole rings is 1. The van der Waals surface area contributed by atoms with Crippen molar-refractivity contribution in [3.8, 4) is 11.3 Å². The Hall–Kier alpha value is -4.79. The number of para-hydroxylation sites is 2. The first-order chi connectivity index (χ1) is 17.9. The monoisotopic (exact) mass is 491 g/mol. The highest BCUT2D eigenvalue weighted by molar-refractivity contribution is 6.12. The number of anilines is 1. The van der Waals surface area contributed by atoms with Gasteiger partial charge in [0.2, 0.25) is 5.95 Å². The molecule has 0 fully saturated rings. The first-order valence-electron chi connectivity index (χ1n) is 12.0. The molecule has 0 bridgehead atoms. The zero-order valence-electron chi connectivity index (χ0n) is 20.7. The molecular weight excluding hydrogens is 466 g/mol. The van der Waals surface area contributed by atoms with E-state index >= 15 is 0 Å². The van der Waals surface area contributed by atoms with Gasteiger partial charge in [0.1, 0.15) is 12.3 Å². The lowest BCUT2D eigenvalue weighted by atomic mass is 10.1. The first kappa shape index (κ1) is 22.7. The molecule has 1 aromatic carbocycles. The van der Waals surface area contributed by atoms with Crippen LogP contribution in [-0.2, 0) is 12.1 Å². The largest absolute Gasteiger partial charge is 0.467 e. The van der Waals surface area contributed by atoms with E-state index in [1.165, 1.54) is 0 Å². The molecule has 184 valence electrons. The number of hydrogen-bond acceptors (Lipinski definition) is 6. The predicted octanol–water partition coefficient (Wildman–Crippen LogP) is 5.49. The van der Waals surface area contributed by atoms with Gasteiger partial charge in [0.05, 0.1) is 40.1 Å². The van der Waals surface area contributed by atoms with Crippen molar-refractivity contribution in [2.24, 2.45) is 0 Å². The number of amides is 1. The van der Waals surface area contributed by atoms with Crippen molar-refractivity contribution >= 4 is 33.9 Å². The molecule has 0 radical (unpaired) electrons. The Balaban J connectivity index is 1.48. The molecule has 6 rings (SSSR count). The summed E-state index contributed by atoms with van der Waals surface area (Å²) >= 11 is 0. The third-order valence-electron chi connectivity index (χ3n) is 6.15. The number of carbonyl (C=O) groups is 1. The number of pyridine rings is 2. The highest BCUT2D eigenvalue weighted by atomic mass is 16.3. The van der Waals surface area contributed by atoms with Crippen LogP contribution in [0.15, 0.2) is 83.9 Å². The second kappa shape index (κ2) is 8.70. The van der Waals surface area contributed by atoms with Crippen molar-refractivity contribution in [3.63, 3.8) is 0 Å². The van der Waals surface area contributed by atoms with Crippen LogP contribution in [0, 0.1) is 0 Å². The highest BCUT2D eigenvalue weighted by Gasteiger charge is 2.25. The van der Waals surface area contributed by atoms with E-state index in [0.717, 1.165) is 22.4 Å². The average molecular weight is 492 g/mol. The first-order valence-corrected chi connectivity index (χ1v) is 12.0. The minimum atomic E-state index is -0.304. The summed E-state index contributed by atoms with van der Waals surface area (Å²) in [4.78, 5) is 27.6. The standard InChI is InChI=1S/C28H25N7O2/c1-28(2,3)35-24-11-5-4-10-22(24)32-27(35)33-26(36)20-14-23(18-8-6-12-29-15-18)31-25-21(20)16-30-34(25)17-19-9-7-13-37-19/h4-16H,17H2,1-3H3,(H,32,33,36). The summed E-state index contributed by atoms with van der Waals surface area (Å²) in [5, 5.41) is 8.22. The quantitative estimate of drug-likeness (QED) is 0.342. The molecule has 9 nitrogen and oxygen atoms in total. The van der Waals surface area contributed by atoms with Crippen LogP contribution in [0.4, 0.5) is 5.95 Å². The molecule has 5 aromatic heterocycles. The van der Waals surface area contributed by atoms with Crippen LogP contribution >= 0.6 is 0 Å². The lowest BCUT2D eigenvalue weighted by Crippen LogP contribution is -2.26. The zero-order chi connectivity index (χ0) is 25.6. The van der Waals surface area contributed by atoms with E-state index in [9.17, 15) is 4.79 Å². The number of fused-ring (bicyclic) bond motifs is 2. The van der Waals surface area contributed by atoms with E-state index in [-0.39, 0.29) is 11.4 Å². The van der Waals surface area contributed by atoms with Gasteiger partial charge in [0.15, 0.2) is 5.65 Å². The molecule has 0 atom stereocenters. The lowest BCUT2D eigenvalue weighted by molar-refractivity contribution is 0.102. The number of rotatable bonds is 5. The maximum Gasteiger partial charge on any atom is 0.258 e. The molecule has 1 amide bonds. The molecular formula is C28H25N7O2. The van der Waals surface area contributed by atoms with E-state index in [1.54, 1.807) is 35.6 Å². The highest BCUT2D eigenvalue weighted by Crippen LogP contribution is 2.30. The minimum Gasteiger partial charge on any atom is -0.467 e. The Morgan fingerprint density at radius 3 is 2.65 bits per heavy atom. The molecule has 0 aliphatic rings. The summed E-state index contributed by atoms with van der Waals surface area (Å²) in [7, 11) is 0. The smallest absolute Gasteiger partial charge is 0.258 e. The number of carbonyl (C=O) groups excluding carboxylic acids is 1. The van der Waals surface area contributed by atoms with Gasteiger partial charge < -0.3 is 8.98 Å². The third-order valence-corrected chi connectivity index (χ3v) is 6.15. The maximum atomic E-state index is 13.8. The Morgan fingerprint density at radius 1 is 1.03 bits per heavy atom. The second-order valence-electron chi connectivity index (χ2n) is 9.80. The van der Waals surface area contributed by atoms with Crippen molar-refractivity contribution in [1.29, 1.82) is 0 Å². The van der Waals surface area contributed by atoms with E-state index in [2.05, 4.69) is 36.2 Å². The van der Waals surface area contributed by atoms with E-state index in [0.29, 0.717) is 34.8 Å². The number of hydrogen-bond donors (Lipinski definition) is 1. The Bertz CT molecular complexity index is 1730. The number of furan rings is 1. The van der Waals surface area contributed by atoms with Gasteiger partial charge in [0.25, 0.3) is 5.91 Å². The Morgan fingerprint density at radius 2 is 1.89 bits per heavy atom. The Kier molecular flexibility index (Phi) is 5.33. The molecule has 0 spiro atoms. The van der Waals surface area contributed by atoms with Gasteiger partial charge in [-0.05, 0) is 63.2 Å². The van der Waals surface area contributed by atoms with Crippen molar-refractivity contribution in [2.45, 2.75) is 32.9 Å². The maximum absolute atomic E-state index is 13.8. The number of aromatic nitrogens is 6. The Labute approximate surface area is 212 Å². The average Bonchev–Trinajstić information content (AvgIpc) is 3.63. The van der Waals surface area contributed by atoms with Gasteiger partial charge >= 0.3 is 0 Å². The van der Waals surface area contributed by atoms with E-state index in [1.807, 2.05) is 53.1 Å². The van der Waals surface area contributed by atoms with Crippen LogP contribution in [-0.4, -0.2) is 35.2 Å². The number of benzene rings is 1. The summed E-state index contributed by atoms with van der Waals surface area (Å²) < 4.78 is 9.29. The van der Waals surface area contributed by atoms with Crippen LogP contribution in [0.5, 0.6) is 0 Å². The van der Waals surface area contributed by atoms with Crippen LogP contribution in [0.3, 0.4) is 0 Å². The fourth-order valence-corrected chi connectivity index (χ4v) is 4.52. The van der Waals surface area contributed by atoms with Crippen molar-refractivity contribution in [2.75, 3.05) is 5.32 Å². The molecule has 5 heterocycles. The number of nitrogens with zero attached hydrogens (tertiary/aromatic N) is 6. The lowest BCUT2D eigenvalue weighted by Gasteiger charge is -2.24. The number of nitrogens with one attached hydrogen (secondary N) is 1. The van der Waals surface area contributed by atoms with Crippen LogP contribution < -0.4 is 5.32 Å². The topological polar surface area (TPSA) is 104 Å². The molecule has 9 heteroatoms. The molecule has 0 saturated carbocycles.